The molecule has 0 saturated carbocycles. The molecule has 1 amide bonds. The van der Waals surface area contributed by atoms with Crippen LogP contribution in [0.1, 0.15) is 41.7 Å². The number of benzene rings is 1. The summed E-state index contributed by atoms with van der Waals surface area (Å²) < 4.78 is 26.9. The van der Waals surface area contributed by atoms with Crippen molar-refractivity contribution >= 4 is 39.1 Å². The summed E-state index contributed by atoms with van der Waals surface area (Å²) in [6.45, 7) is 3.60. The lowest BCUT2D eigenvalue weighted by atomic mass is 9.92. The summed E-state index contributed by atoms with van der Waals surface area (Å²) in [4.78, 5) is 24.3. The van der Waals surface area contributed by atoms with Crippen molar-refractivity contribution in [3.05, 3.63) is 47.7 Å². The van der Waals surface area contributed by atoms with Gasteiger partial charge in [-0.2, -0.15) is 4.98 Å². The number of aliphatic hydroxyl groups is 1. The van der Waals surface area contributed by atoms with Crippen LogP contribution in [0.25, 0.3) is 0 Å². The number of carbonyl (C=O) groups excluding carboxylic acids is 1. The molecule has 4 bridgehead atoms. The summed E-state index contributed by atoms with van der Waals surface area (Å²) in [5.74, 6) is 0.683. The number of rotatable bonds is 4. The predicted octanol–water partition coefficient (Wildman–Crippen LogP) is 2.75. The molecule has 4 heterocycles. The predicted molar refractivity (Wildman–Crippen MR) is 137 cm³/mol. The molecule has 3 aliphatic rings. The molecule has 0 radical (unpaired) electrons. The van der Waals surface area contributed by atoms with Gasteiger partial charge in [0.2, 0.25) is 16.0 Å². The number of hydrogen-bond donors (Lipinski definition) is 4. The minimum Gasteiger partial charge on any atom is -0.395 e. The van der Waals surface area contributed by atoms with Gasteiger partial charge < -0.3 is 20.6 Å². The van der Waals surface area contributed by atoms with Gasteiger partial charge in [0.15, 0.2) is 0 Å². The molecule has 3 aliphatic heterocycles. The topological polar surface area (TPSA) is 137 Å². The largest absolute Gasteiger partial charge is 0.395 e. The third-order valence-electron chi connectivity index (χ3n) is 6.16. The molecular formula is C24H32N6O4S. The first kappa shape index (κ1) is 24.9. The van der Waals surface area contributed by atoms with Crippen LogP contribution in [0.3, 0.4) is 0 Å². The minimum absolute atomic E-state index is 0.332. The second-order valence-corrected chi connectivity index (χ2v) is 10.7. The van der Waals surface area contributed by atoms with E-state index in [2.05, 4.69) is 42.4 Å². The number of anilines is 4. The zero-order chi connectivity index (χ0) is 24.8. The fraction of sp³-hybridized carbons (Fsp3) is 0.458. The molecule has 188 valence electrons. The van der Waals surface area contributed by atoms with Gasteiger partial charge >= 0.3 is 0 Å². The molecule has 5 rings (SSSR count). The van der Waals surface area contributed by atoms with E-state index in [1.54, 1.807) is 24.3 Å². The maximum atomic E-state index is 13.3. The quantitative estimate of drug-likeness (QED) is 0.471. The second kappa shape index (κ2) is 11.0. The fourth-order valence-corrected chi connectivity index (χ4v) is 5.21. The van der Waals surface area contributed by atoms with Crippen molar-refractivity contribution in [3.63, 3.8) is 0 Å². The Kier molecular flexibility index (Phi) is 7.86. The van der Waals surface area contributed by atoms with Crippen LogP contribution in [0.2, 0.25) is 0 Å². The van der Waals surface area contributed by atoms with E-state index in [0.29, 0.717) is 41.2 Å². The van der Waals surface area contributed by atoms with Crippen molar-refractivity contribution < 1.29 is 18.3 Å². The number of nitrogens with zero attached hydrogens (tertiary/aromatic N) is 3. The Labute approximate surface area is 205 Å². The molecule has 1 aromatic heterocycles. The van der Waals surface area contributed by atoms with Crippen molar-refractivity contribution in [3.8, 4) is 0 Å². The van der Waals surface area contributed by atoms with E-state index < -0.39 is 22.4 Å². The van der Waals surface area contributed by atoms with Crippen LogP contribution >= 0.6 is 0 Å². The molecule has 0 aliphatic carbocycles. The third-order valence-corrected chi connectivity index (χ3v) is 7.42. The monoisotopic (exact) mass is 500 g/mol. The normalized spacial score (nSPS) is 18.2. The van der Waals surface area contributed by atoms with Crippen molar-refractivity contribution in [1.29, 1.82) is 0 Å². The van der Waals surface area contributed by atoms with Crippen LogP contribution in [0.4, 0.5) is 23.1 Å². The van der Waals surface area contributed by atoms with Gasteiger partial charge in [-0.1, -0.05) is 12.2 Å². The highest BCUT2D eigenvalue weighted by Gasteiger charge is 2.24. The van der Waals surface area contributed by atoms with Crippen LogP contribution in [0.15, 0.2) is 36.4 Å². The van der Waals surface area contributed by atoms with Crippen LogP contribution < -0.4 is 20.3 Å². The Morgan fingerprint density at radius 1 is 1.17 bits per heavy atom. The van der Waals surface area contributed by atoms with Crippen LogP contribution in [-0.2, 0) is 10.0 Å². The van der Waals surface area contributed by atoms with Gasteiger partial charge in [-0.05, 0) is 56.7 Å². The van der Waals surface area contributed by atoms with Crippen molar-refractivity contribution in [2.75, 3.05) is 52.2 Å². The molecule has 35 heavy (non-hydrogen) atoms. The Morgan fingerprint density at radius 2 is 1.97 bits per heavy atom. The summed E-state index contributed by atoms with van der Waals surface area (Å²) in [7, 11) is -3.69. The number of sulfonamides is 1. The molecule has 1 fully saturated rings. The van der Waals surface area contributed by atoms with Gasteiger partial charge in [0.1, 0.15) is 5.82 Å². The molecule has 1 aromatic carbocycles. The Balaban J connectivity index is 1.69. The number of allylic oxidation sites excluding steroid dienone is 1. The van der Waals surface area contributed by atoms with Crippen LogP contribution in [0.5, 0.6) is 0 Å². The summed E-state index contributed by atoms with van der Waals surface area (Å²) in [6, 6.07) is 6.58. The number of aliphatic hydroxyl groups excluding tert-OH is 1. The van der Waals surface area contributed by atoms with E-state index in [0.717, 1.165) is 44.5 Å². The first-order valence-corrected chi connectivity index (χ1v) is 13.5. The van der Waals surface area contributed by atoms with Gasteiger partial charge in [0, 0.05) is 31.4 Å². The van der Waals surface area contributed by atoms with E-state index in [-0.39, 0.29) is 5.91 Å². The van der Waals surface area contributed by atoms with Crippen molar-refractivity contribution in [1.82, 2.24) is 9.97 Å². The van der Waals surface area contributed by atoms with Crippen LogP contribution in [-0.4, -0.2) is 61.4 Å². The number of carbonyl (C=O) groups is 1. The third kappa shape index (κ3) is 6.70. The smallest absolute Gasteiger partial charge is 0.258 e. The molecule has 11 heteroatoms. The number of fused-ring (bicyclic) bond motifs is 7. The summed E-state index contributed by atoms with van der Waals surface area (Å²) in [5.41, 5.74) is 2.17. The van der Waals surface area contributed by atoms with Crippen molar-refractivity contribution in [2.24, 2.45) is 5.92 Å². The fourth-order valence-electron chi connectivity index (χ4n) is 4.38. The molecule has 10 nitrogen and oxygen atoms in total. The van der Waals surface area contributed by atoms with E-state index in [9.17, 15) is 13.2 Å². The SMILES string of the molecule is Cc1cc2nc(n1)NCC/C=C\CC1CCN(CC1)c1cc(NS(=O)(=O)CCO)ccc1C(=O)N2. The molecule has 0 atom stereocenters. The maximum Gasteiger partial charge on any atom is 0.258 e. The Bertz CT molecular complexity index is 1190. The first-order chi connectivity index (χ1) is 16.8. The van der Waals surface area contributed by atoms with Gasteiger partial charge in [0.25, 0.3) is 5.91 Å². The van der Waals surface area contributed by atoms with Crippen LogP contribution in [0, 0.1) is 12.8 Å². The average Bonchev–Trinajstić information content (AvgIpc) is 2.80. The highest BCUT2D eigenvalue weighted by atomic mass is 32.2. The number of nitrogens with one attached hydrogen (secondary N) is 3. The standard InChI is InChI=1S/C24H32N6O4S/c1-17-15-22-27-23(32)20-7-6-19(29-35(33,34)14-13-31)16-21(20)30-11-8-18(9-12-30)5-3-2-4-10-25-24(26-17)28-22/h2-3,6-7,15-16,18,29,31H,4-5,8-14H2,1H3,(H2,25,26,27,28,32)/b3-2-. The molecular weight excluding hydrogens is 468 g/mol. The highest BCUT2D eigenvalue weighted by molar-refractivity contribution is 7.92. The zero-order valence-electron chi connectivity index (χ0n) is 19.8. The molecule has 1 saturated heterocycles. The Morgan fingerprint density at radius 3 is 2.74 bits per heavy atom. The number of piperidine rings is 1. The number of hydrogen-bond acceptors (Lipinski definition) is 8. The first-order valence-electron chi connectivity index (χ1n) is 11.9. The molecule has 0 unspecified atom stereocenters. The summed E-state index contributed by atoms with van der Waals surface area (Å²) in [5, 5.41) is 15.1. The molecule has 2 aromatic rings. The lowest BCUT2D eigenvalue weighted by molar-refractivity contribution is 0.102. The zero-order valence-corrected chi connectivity index (χ0v) is 20.6. The summed E-state index contributed by atoms with van der Waals surface area (Å²) >= 11 is 0. The van der Waals surface area contributed by atoms with Crippen molar-refractivity contribution in [2.45, 2.75) is 32.6 Å². The van der Waals surface area contributed by atoms with E-state index in [4.69, 9.17) is 5.11 Å². The van der Waals surface area contributed by atoms with Gasteiger partial charge in [-0.3, -0.25) is 9.52 Å². The average molecular weight is 501 g/mol. The lowest BCUT2D eigenvalue weighted by Gasteiger charge is -2.34. The second-order valence-electron chi connectivity index (χ2n) is 8.90. The molecule has 4 N–H and O–H groups in total. The van der Waals surface area contributed by atoms with E-state index >= 15 is 0 Å². The highest BCUT2D eigenvalue weighted by Crippen LogP contribution is 2.31. The van der Waals surface area contributed by atoms with Gasteiger partial charge in [0.05, 0.1) is 29.3 Å². The van der Waals surface area contributed by atoms with E-state index in [1.807, 2.05) is 6.92 Å². The molecule has 0 spiro atoms. The van der Waals surface area contributed by atoms with Gasteiger partial charge in [-0.25, -0.2) is 13.4 Å². The number of aryl methyl sites for hydroxylation is 1. The lowest BCUT2D eigenvalue weighted by Crippen LogP contribution is -2.35. The summed E-state index contributed by atoms with van der Waals surface area (Å²) in [6.07, 6.45) is 8.24. The Hall–Kier alpha value is -3.18. The van der Waals surface area contributed by atoms with E-state index in [1.165, 1.54) is 0 Å². The minimum atomic E-state index is -3.69. The number of amides is 1. The number of aromatic nitrogens is 2. The van der Waals surface area contributed by atoms with Gasteiger partial charge in [-0.15, -0.1) is 0 Å². The maximum absolute atomic E-state index is 13.3.